The van der Waals surface area contributed by atoms with E-state index in [1.807, 2.05) is 29.2 Å². The van der Waals surface area contributed by atoms with E-state index >= 15 is 0 Å². The van der Waals surface area contributed by atoms with Gasteiger partial charge in [0.1, 0.15) is 17.1 Å². The van der Waals surface area contributed by atoms with E-state index in [1.165, 1.54) is 18.1 Å². The number of ether oxygens (including phenoxy) is 1. The maximum Gasteiger partial charge on any atom is 0.232 e. The van der Waals surface area contributed by atoms with Crippen molar-refractivity contribution in [2.24, 2.45) is 0 Å². The van der Waals surface area contributed by atoms with Crippen LogP contribution in [0.4, 0.5) is 0 Å². The third kappa shape index (κ3) is 3.22. The number of carbonyl (C=O) groups excluding carboxylic acids is 1. The van der Waals surface area contributed by atoms with E-state index in [9.17, 15) is 4.79 Å². The molecular weight excluding hydrogens is 352 g/mol. The van der Waals surface area contributed by atoms with E-state index in [1.54, 1.807) is 11.8 Å². The fourth-order valence-electron chi connectivity index (χ4n) is 2.94. The molecule has 0 spiro atoms. The summed E-state index contributed by atoms with van der Waals surface area (Å²) in [6.45, 7) is 1.70. The highest BCUT2D eigenvalue weighted by Gasteiger charge is 2.20. The van der Waals surface area contributed by atoms with Crippen molar-refractivity contribution in [1.82, 2.24) is 29.9 Å². The summed E-state index contributed by atoms with van der Waals surface area (Å²) in [5.41, 5.74) is 1.99. The van der Waals surface area contributed by atoms with Gasteiger partial charge in [-0.2, -0.15) is 4.68 Å². The van der Waals surface area contributed by atoms with Gasteiger partial charge in [0.25, 0.3) is 0 Å². The summed E-state index contributed by atoms with van der Waals surface area (Å²) in [6, 6.07) is 7.51. The van der Waals surface area contributed by atoms with Crippen molar-refractivity contribution in [3.8, 4) is 11.4 Å². The van der Waals surface area contributed by atoms with Crippen molar-refractivity contribution in [3.05, 3.63) is 30.6 Å². The lowest BCUT2D eigenvalue weighted by Gasteiger charge is -2.14. The van der Waals surface area contributed by atoms with Gasteiger partial charge in [0, 0.05) is 19.2 Å². The molecule has 1 aliphatic rings. The van der Waals surface area contributed by atoms with Gasteiger partial charge in [0.05, 0.1) is 18.6 Å². The fraction of sp³-hybridized carbons (Fsp3) is 0.353. The standard InChI is InChI=1S/C17H18N6O2S/c1-25-13-6-4-5-12(9-13)23-16-15(20-21-23)17(19-11-18-16)26-10-14(24)22-7-2-3-8-22/h4-6,9,11H,2-3,7-8,10H2,1H3. The number of fused-ring (bicyclic) bond motifs is 1. The monoisotopic (exact) mass is 370 g/mol. The minimum Gasteiger partial charge on any atom is -0.497 e. The predicted molar refractivity (Wildman–Crippen MR) is 97.5 cm³/mol. The maximum atomic E-state index is 12.3. The third-order valence-corrected chi connectivity index (χ3v) is 5.26. The molecule has 0 aliphatic carbocycles. The zero-order valence-corrected chi connectivity index (χ0v) is 15.1. The first-order valence-electron chi connectivity index (χ1n) is 8.37. The molecule has 1 fully saturated rings. The molecular formula is C17H18N6O2S. The van der Waals surface area contributed by atoms with Crippen LogP contribution >= 0.6 is 11.8 Å². The van der Waals surface area contributed by atoms with Crippen LogP contribution in [0, 0.1) is 0 Å². The summed E-state index contributed by atoms with van der Waals surface area (Å²) in [6.07, 6.45) is 3.65. The Morgan fingerprint density at radius 1 is 1.27 bits per heavy atom. The molecule has 1 amide bonds. The van der Waals surface area contributed by atoms with Crippen LogP contribution in [0.25, 0.3) is 16.9 Å². The molecule has 0 saturated carbocycles. The van der Waals surface area contributed by atoms with Crippen LogP contribution in [0.2, 0.25) is 0 Å². The number of carbonyl (C=O) groups is 1. The Bertz CT molecular complexity index is 938. The lowest BCUT2D eigenvalue weighted by molar-refractivity contribution is -0.127. The molecule has 0 N–H and O–H groups in total. The molecule has 0 unspecified atom stereocenters. The average molecular weight is 370 g/mol. The van der Waals surface area contributed by atoms with Crippen LogP contribution in [0.5, 0.6) is 5.75 Å². The van der Waals surface area contributed by atoms with Crippen LogP contribution in [-0.2, 0) is 4.79 Å². The summed E-state index contributed by atoms with van der Waals surface area (Å²) in [5.74, 6) is 1.21. The quantitative estimate of drug-likeness (QED) is 0.501. The number of hydrogen-bond acceptors (Lipinski definition) is 7. The topological polar surface area (TPSA) is 86.0 Å². The van der Waals surface area contributed by atoms with Gasteiger partial charge in [0.2, 0.25) is 5.91 Å². The molecule has 1 aromatic carbocycles. The van der Waals surface area contributed by atoms with Gasteiger partial charge < -0.3 is 9.64 Å². The lowest BCUT2D eigenvalue weighted by Crippen LogP contribution is -2.29. The largest absolute Gasteiger partial charge is 0.497 e. The first-order valence-corrected chi connectivity index (χ1v) is 9.36. The van der Waals surface area contributed by atoms with Crippen molar-refractivity contribution in [2.75, 3.05) is 26.0 Å². The zero-order chi connectivity index (χ0) is 17.9. The summed E-state index contributed by atoms with van der Waals surface area (Å²) in [4.78, 5) is 22.8. The maximum absolute atomic E-state index is 12.3. The minimum atomic E-state index is 0.138. The van der Waals surface area contributed by atoms with E-state index in [4.69, 9.17) is 4.74 Å². The number of amides is 1. The average Bonchev–Trinajstić information content (AvgIpc) is 3.36. The van der Waals surface area contributed by atoms with Gasteiger partial charge in [-0.1, -0.05) is 23.0 Å². The lowest BCUT2D eigenvalue weighted by atomic mass is 10.3. The van der Waals surface area contributed by atoms with E-state index in [2.05, 4.69) is 20.3 Å². The predicted octanol–water partition coefficient (Wildman–Crippen LogP) is 1.93. The van der Waals surface area contributed by atoms with Crippen molar-refractivity contribution in [1.29, 1.82) is 0 Å². The Kier molecular flexibility index (Phi) is 4.70. The Morgan fingerprint density at radius 2 is 2.12 bits per heavy atom. The van der Waals surface area contributed by atoms with Crippen molar-refractivity contribution >= 4 is 28.8 Å². The molecule has 3 heterocycles. The second-order valence-corrected chi connectivity index (χ2v) is 6.89. The smallest absolute Gasteiger partial charge is 0.232 e. The summed E-state index contributed by atoms with van der Waals surface area (Å²) >= 11 is 1.38. The second kappa shape index (κ2) is 7.28. The number of nitrogens with zero attached hydrogens (tertiary/aromatic N) is 6. The van der Waals surface area contributed by atoms with E-state index in [0.29, 0.717) is 21.9 Å². The molecule has 0 bridgehead atoms. The van der Waals surface area contributed by atoms with Crippen LogP contribution in [-0.4, -0.2) is 61.7 Å². The van der Waals surface area contributed by atoms with Crippen molar-refractivity contribution in [3.63, 3.8) is 0 Å². The Labute approximate surface area is 154 Å². The molecule has 1 saturated heterocycles. The van der Waals surface area contributed by atoms with E-state index in [-0.39, 0.29) is 5.91 Å². The number of aromatic nitrogens is 5. The van der Waals surface area contributed by atoms with E-state index in [0.717, 1.165) is 37.4 Å². The molecule has 8 nitrogen and oxygen atoms in total. The number of methoxy groups -OCH3 is 1. The highest BCUT2D eigenvalue weighted by Crippen LogP contribution is 2.25. The van der Waals surface area contributed by atoms with Crippen LogP contribution in [0.3, 0.4) is 0 Å². The molecule has 4 rings (SSSR count). The van der Waals surface area contributed by atoms with Gasteiger partial charge in [-0.3, -0.25) is 4.79 Å². The van der Waals surface area contributed by atoms with Crippen LogP contribution in [0.1, 0.15) is 12.8 Å². The Balaban J connectivity index is 1.59. The Hall–Kier alpha value is -2.68. The minimum absolute atomic E-state index is 0.138. The summed E-state index contributed by atoms with van der Waals surface area (Å²) in [7, 11) is 1.62. The zero-order valence-electron chi connectivity index (χ0n) is 14.3. The Morgan fingerprint density at radius 3 is 2.92 bits per heavy atom. The molecule has 26 heavy (non-hydrogen) atoms. The van der Waals surface area contributed by atoms with Crippen molar-refractivity contribution in [2.45, 2.75) is 17.9 Å². The van der Waals surface area contributed by atoms with Gasteiger partial charge in [-0.05, 0) is 25.0 Å². The number of rotatable bonds is 5. The summed E-state index contributed by atoms with van der Waals surface area (Å²) < 4.78 is 6.91. The third-order valence-electron chi connectivity index (χ3n) is 4.29. The molecule has 134 valence electrons. The number of thioether (sulfide) groups is 1. The normalized spacial score (nSPS) is 14.1. The molecule has 1 aliphatic heterocycles. The van der Waals surface area contributed by atoms with Crippen molar-refractivity contribution < 1.29 is 9.53 Å². The fourth-order valence-corrected chi connectivity index (χ4v) is 3.77. The second-order valence-electron chi connectivity index (χ2n) is 5.93. The molecule has 9 heteroatoms. The molecule has 2 aromatic heterocycles. The van der Waals surface area contributed by atoms with Gasteiger partial charge in [0.15, 0.2) is 11.2 Å². The number of hydrogen-bond donors (Lipinski definition) is 0. The van der Waals surface area contributed by atoms with Gasteiger partial charge in [-0.25, -0.2) is 9.97 Å². The van der Waals surface area contributed by atoms with Gasteiger partial charge in [-0.15, -0.1) is 5.10 Å². The molecule has 0 atom stereocenters. The summed E-state index contributed by atoms with van der Waals surface area (Å²) in [5, 5.41) is 9.10. The van der Waals surface area contributed by atoms with E-state index < -0.39 is 0 Å². The molecule has 3 aromatic rings. The van der Waals surface area contributed by atoms with Gasteiger partial charge >= 0.3 is 0 Å². The first kappa shape index (κ1) is 16.8. The molecule has 0 radical (unpaired) electrons. The SMILES string of the molecule is COc1cccc(-n2nnc3c(SCC(=O)N4CCCC4)ncnc32)c1. The number of benzene rings is 1. The first-order chi connectivity index (χ1) is 12.8. The highest BCUT2D eigenvalue weighted by atomic mass is 32.2. The highest BCUT2D eigenvalue weighted by molar-refractivity contribution is 8.00. The van der Waals surface area contributed by atoms with Crippen LogP contribution < -0.4 is 4.74 Å². The number of likely N-dealkylation sites (tertiary alicyclic amines) is 1. The van der Waals surface area contributed by atoms with Crippen LogP contribution in [0.15, 0.2) is 35.6 Å².